The maximum atomic E-state index is 12.3. The highest BCUT2D eigenvalue weighted by atomic mass is 16.2. The standard InChI is InChI=1S/C17H21N5O/c1-10(16-18-9-19-22-16)20-17(23)21-14-8-12-6-2-4-11-5-3-7-13(14)15(11)12/h3,5,7,9-10,12,14H,2,4,6,8H2,1H3,(H,18,19,22)(H2,20,21,23). The molecule has 0 bridgehead atoms. The fourth-order valence-corrected chi connectivity index (χ4v) is 4.01. The van der Waals surface area contributed by atoms with Gasteiger partial charge in [-0.25, -0.2) is 9.78 Å². The maximum Gasteiger partial charge on any atom is 0.315 e. The highest BCUT2D eigenvalue weighted by molar-refractivity contribution is 5.75. The van der Waals surface area contributed by atoms with Crippen molar-refractivity contribution in [1.82, 2.24) is 25.8 Å². The largest absolute Gasteiger partial charge is 0.331 e. The third-order valence-electron chi connectivity index (χ3n) is 5.03. The van der Waals surface area contributed by atoms with Crippen molar-refractivity contribution in [3.8, 4) is 0 Å². The SMILES string of the molecule is CC(NC(=O)NC1CC2CCCc3cccc1c32)c1ncn[nH]1. The van der Waals surface area contributed by atoms with Crippen LogP contribution in [-0.4, -0.2) is 21.2 Å². The summed E-state index contributed by atoms with van der Waals surface area (Å²) in [6.07, 6.45) is 6.11. The number of aromatic nitrogens is 3. The van der Waals surface area contributed by atoms with Crippen molar-refractivity contribution < 1.29 is 4.79 Å². The number of nitrogens with one attached hydrogen (secondary N) is 3. The van der Waals surface area contributed by atoms with Crippen LogP contribution in [-0.2, 0) is 6.42 Å². The third-order valence-corrected chi connectivity index (χ3v) is 5.03. The van der Waals surface area contributed by atoms with Crippen molar-refractivity contribution in [2.24, 2.45) is 0 Å². The number of carbonyl (C=O) groups excluding carboxylic acids is 1. The lowest BCUT2D eigenvalue weighted by molar-refractivity contribution is 0.233. The number of rotatable bonds is 3. The summed E-state index contributed by atoms with van der Waals surface area (Å²) in [6, 6.07) is 6.27. The predicted octanol–water partition coefficient (Wildman–Crippen LogP) is 2.73. The first-order valence-corrected chi connectivity index (χ1v) is 8.26. The van der Waals surface area contributed by atoms with E-state index in [-0.39, 0.29) is 18.1 Å². The second-order valence-corrected chi connectivity index (χ2v) is 6.51. The molecule has 0 saturated heterocycles. The Labute approximate surface area is 135 Å². The summed E-state index contributed by atoms with van der Waals surface area (Å²) in [5.41, 5.74) is 4.26. The Kier molecular flexibility index (Phi) is 3.52. The first-order valence-electron chi connectivity index (χ1n) is 8.26. The van der Waals surface area contributed by atoms with E-state index in [2.05, 4.69) is 44.0 Å². The van der Waals surface area contributed by atoms with E-state index >= 15 is 0 Å². The van der Waals surface area contributed by atoms with Crippen LogP contribution in [0.25, 0.3) is 0 Å². The molecule has 23 heavy (non-hydrogen) atoms. The molecule has 3 unspecified atom stereocenters. The summed E-state index contributed by atoms with van der Waals surface area (Å²) in [5.74, 6) is 1.26. The van der Waals surface area contributed by atoms with Gasteiger partial charge in [-0.15, -0.1) is 0 Å². The van der Waals surface area contributed by atoms with E-state index in [0.29, 0.717) is 11.7 Å². The molecular formula is C17H21N5O. The van der Waals surface area contributed by atoms with Crippen LogP contribution >= 0.6 is 0 Å². The fraction of sp³-hybridized carbons (Fsp3) is 0.471. The molecule has 1 aromatic carbocycles. The first kappa shape index (κ1) is 14.2. The predicted molar refractivity (Wildman–Crippen MR) is 85.9 cm³/mol. The fourth-order valence-electron chi connectivity index (χ4n) is 4.01. The van der Waals surface area contributed by atoms with E-state index in [9.17, 15) is 4.79 Å². The molecule has 3 atom stereocenters. The Morgan fingerprint density at radius 1 is 1.43 bits per heavy atom. The van der Waals surface area contributed by atoms with Crippen molar-refractivity contribution in [3.63, 3.8) is 0 Å². The Morgan fingerprint density at radius 3 is 3.17 bits per heavy atom. The number of amides is 2. The average molecular weight is 311 g/mol. The van der Waals surface area contributed by atoms with Crippen molar-refractivity contribution >= 4 is 6.03 Å². The van der Waals surface area contributed by atoms with Crippen LogP contribution in [0.15, 0.2) is 24.5 Å². The lowest BCUT2D eigenvalue weighted by atomic mass is 9.84. The van der Waals surface area contributed by atoms with Gasteiger partial charge in [0.2, 0.25) is 0 Å². The Morgan fingerprint density at radius 2 is 2.35 bits per heavy atom. The third kappa shape index (κ3) is 2.58. The minimum absolute atomic E-state index is 0.106. The van der Waals surface area contributed by atoms with E-state index in [1.807, 2.05) is 6.92 Å². The number of aryl methyl sites for hydroxylation is 1. The first-order chi connectivity index (χ1) is 11.2. The molecule has 2 aliphatic rings. The van der Waals surface area contributed by atoms with Gasteiger partial charge in [-0.2, -0.15) is 5.10 Å². The van der Waals surface area contributed by atoms with Crippen molar-refractivity contribution in [2.45, 2.75) is 50.6 Å². The molecule has 0 aliphatic heterocycles. The summed E-state index contributed by atoms with van der Waals surface area (Å²) in [5, 5.41) is 12.6. The van der Waals surface area contributed by atoms with Crippen LogP contribution < -0.4 is 10.6 Å². The molecule has 2 aliphatic carbocycles. The Balaban J connectivity index is 1.46. The van der Waals surface area contributed by atoms with E-state index < -0.39 is 0 Å². The van der Waals surface area contributed by atoms with E-state index in [1.165, 1.54) is 42.3 Å². The van der Waals surface area contributed by atoms with Crippen molar-refractivity contribution in [2.75, 3.05) is 0 Å². The molecule has 0 spiro atoms. The average Bonchev–Trinajstić information content (AvgIpc) is 3.18. The van der Waals surface area contributed by atoms with Gasteiger partial charge in [0.15, 0.2) is 0 Å². The molecule has 0 saturated carbocycles. The van der Waals surface area contributed by atoms with Gasteiger partial charge in [0.1, 0.15) is 12.2 Å². The minimum atomic E-state index is -0.198. The monoisotopic (exact) mass is 311 g/mol. The second-order valence-electron chi connectivity index (χ2n) is 6.51. The zero-order chi connectivity index (χ0) is 15.8. The van der Waals surface area contributed by atoms with Gasteiger partial charge in [-0.3, -0.25) is 5.10 Å². The van der Waals surface area contributed by atoms with Crippen LogP contribution in [0.2, 0.25) is 0 Å². The van der Waals surface area contributed by atoms with E-state index in [0.717, 1.165) is 6.42 Å². The zero-order valence-corrected chi connectivity index (χ0v) is 13.2. The molecular weight excluding hydrogens is 290 g/mol. The van der Waals surface area contributed by atoms with Gasteiger partial charge in [-0.1, -0.05) is 18.2 Å². The van der Waals surface area contributed by atoms with Gasteiger partial charge in [-0.05, 0) is 55.2 Å². The molecule has 2 amide bonds. The highest BCUT2D eigenvalue weighted by Gasteiger charge is 2.35. The number of nitrogens with zero attached hydrogens (tertiary/aromatic N) is 2. The minimum Gasteiger partial charge on any atom is -0.331 e. The van der Waals surface area contributed by atoms with Crippen LogP contribution in [0.1, 0.15) is 66.7 Å². The maximum absolute atomic E-state index is 12.3. The number of hydrogen-bond acceptors (Lipinski definition) is 3. The number of hydrogen-bond donors (Lipinski definition) is 3. The molecule has 3 N–H and O–H groups in total. The van der Waals surface area contributed by atoms with E-state index in [4.69, 9.17) is 0 Å². The number of aromatic amines is 1. The van der Waals surface area contributed by atoms with Crippen molar-refractivity contribution in [3.05, 3.63) is 47.0 Å². The molecule has 1 aromatic heterocycles. The molecule has 0 fully saturated rings. The second kappa shape index (κ2) is 5.68. The summed E-state index contributed by atoms with van der Waals surface area (Å²) >= 11 is 0. The van der Waals surface area contributed by atoms with Crippen LogP contribution in [0.5, 0.6) is 0 Å². The molecule has 6 nitrogen and oxygen atoms in total. The molecule has 0 radical (unpaired) electrons. The Hall–Kier alpha value is -2.37. The molecule has 6 heteroatoms. The number of urea groups is 1. The van der Waals surface area contributed by atoms with Crippen LogP contribution in [0, 0.1) is 0 Å². The quantitative estimate of drug-likeness (QED) is 0.815. The summed E-state index contributed by atoms with van der Waals surface area (Å²) in [7, 11) is 0. The van der Waals surface area contributed by atoms with Gasteiger partial charge in [0, 0.05) is 0 Å². The normalized spacial score (nSPS) is 23.2. The molecule has 2 aromatic rings. The molecule has 120 valence electrons. The lowest BCUT2D eigenvalue weighted by Crippen LogP contribution is -2.39. The summed E-state index contributed by atoms with van der Waals surface area (Å²) < 4.78 is 0. The lowest BCUT2D eigenvalue weighted by Gasteiger charge is -2.20. The zero-order valence-electron chi connectivity index (χ0n) is 13.2. The topological polar surface area (TPSA) is 82.7 Å². The number of H-pyrrole nitrogens is 1. The number of carbonyl (C=O) groups is 1. The Bertz CT molecular complexity index is 712. The molecule has 1 heterocycles. The van der Waals surface area contributed by atoms with Gasteiger partial charge in [0.05, 0.1) is 12.1 Å². The van der Waals surface area contributed by atoms with Gasteiger partial charge >= 0.3 is 6.03 Å². The smallest absolute Gasteiger partial charge is 0.315 e. The highest BCUT2D eigenvalue weighted by Crippen LogP contribution is 2.47. The summed E-state index contributed by atoms with van der Waals surface area (Å²) in [4.78, 5) is 16.4. The van der Waals surface area contributed by atoms with Crippen LogP contribution in [0.3, 0.4) is 0 Å². The van der Waals surface area contributed by atoms with Crippen LogP contribution in [0.4, 0.5) is 4.79 Å². The molecule has 4 rings (SSSR count). The summed E-state index contributed by atoms with van der Waals surface area (Å²) in [6.45, 7) is 1.89. The van der Waals surface area contributed by atoms with Gasteiger partial charge in [0.25, 0.3) is 0 Å². The number of benzene rings is 1. The van der Waals surface area contributed by atoms with E-state index in [1.54, 1.807) is 0 Å². The van der Waals surface area contributed by atoms with Crippen molar-refractivity contribution in [1.29, 1.82) is 0 Å². The van der Waals surface area contributed by atoms with Gasteiger partial charge < -0.3 is 10.6 Å².